The highest BCUT2D eigenvalue weighted by Crippen LogP contribution is 2.28. The number of likely N-dealkylation sites (N-methyl/N-ethyl adjacent to an activating group) is 1. The van der Waals surface area contributed by atoms with Gasteiger partial charge in [0.2, 0.25) is 0 Å². The van der Waals surface area contributed by atoms with Crippen molar-refractivity contribution >= 4 is 34.6 Å². The van der Waals surface area contributed by atoms with Gasteiger partial charge in [-0.1, -0.05) is 37.0 Å². The number of nitrogens with zero attached hydrogens (tertiary/aromatic N) is 1. The van der Waals surface area contributed by atoms with Gasteiger partial charge in [-0.05, 0) is 55.6 Å². The number of halogens is 2. The Morgan fingerprint density at radius 3 is 2.30 bits per heavy atom. The molecule has 2 aromatic carbocycles. The first-order valence-electron chi connectivity index (χ1n) is 7.79. The molecule has 0 saturated heterocycles. The molecule has 0 unspecified atom stereocenters. The van der Waals surface area contributed by atoms with Gasteiger partial charge in [-0.25, -0.2) is 0 Å². The largest absolute Gasteiger partial charge is 0.492 e. The summed E-state index contributed by atoms with van der Waals surface area (Å²) in [6.45, 7) is 8.04. The molecule has 0 spiro atoms. The van der Waals surface area contributed by atoms with Crippen LogP contribution in [0, 0.1) is 0 Å². The lowest BCUT2D eigenvalue weighted by Crippen LogP contribution is -2.27. The molecule has 0 bridgehead atoms. The van der Waals surface area contributed by atoms with Gasteiger partial charge in [0.15, 0.2) is 0 Å². The number of rotatable bonds is 8. The van der Waals surface area contributed by atoms with E-state index in [1.165, 1.54) is 0 Å². The summed E-state index contributed by atoms with van der Waals surface area (Å²) in [7, 11) is 0. The maximum absolute atomic E-state index is 6.16. The minimum Gasteiger partial charge on any atom is -0.492 e. The molecule has 5 heteroatoms. The predicted octanol–water partition coefficient (Wildman–Crippen LogP) is 5.46. The van der Waals surface area contributed by atoms with Crippen molar-refractivity contribution in [1.29, 1.82) is 0 Å². The van der Waals surface area contributed by atoms with Crippen LogP contribution in [-0.4, -0.2) is 31.1 Å². The van der Waals surface area contributed by atoms with E-state index in [0.29, 0.717) is 16.7 Å². The first kappa shape index (κ1) is 17.9. The van der Waals surface area contributed by atoms with Crippen LogP contribution in [0.1, 0.15) is 13.8 Å². The number of ether oxygens (including phenoxy) is 1. The van der Waals surface area contributed by atoms with Crippen molar-refractivity contribution in [2.24, 2.45) is 0 Å². The second-order valence-corrected chi connectivity index (χ2v) is 5.99. The van der Waals surface area contributed by atoms with Gasteiger partial charge in [-0.3, -0.25) is 0 Å². The number of hydrogen-bond donors (Lipinski definition) is 1. The Bertz CT molecular complexity index is 613. The molecule has 0 aliphatic carbocycles. The highest BCUT2D eigenvalue weighted by molar-refractivity contribution is 6.36. The van der Waals surface area contributed by atoms with Crippen LogP contribution in [0.2, 0.25) is 10.0 Å². The van der Waals surface area contributed by atoms with E-state index in [4.69, 9.17) is 27.9 Å². The molecule has 0 atom stereocenters. The van der Waals surface area contributed by atoms with Crippen LogP contribution in [0.3, 0.4) is 0 Å². The monoisotopic (exact) mass is 352 g/mol. The van der Waals surface area contributed by atoms with Gasteiger partial charge in [-0.15, -0.1) is 0 Å². The summed E-state index contributed by atoms with van der Waals surface area (Å²) in [5.74, 6) is 0.866. The average molecular weight is 353 g/mol. The van der Waals surface area contributed by atoms with Crippen LogP contribution in [-0.2, 0) is 0 Å². The molecule has 0 amide bonds. The third-order valence-electron chi connectivity index (χ3n) is 3.64. The summed E-state index contributed by atoms with van der Waals surface area (Å²) in [5.41, 5.74) is 1.77. The van der Waals surface area contributed by atoms with Crippen LogP contribution in [0.4, 0.5) is 11.4 Å². The van der Waals surface area contributed by atoms with E-state index in [0.717, 1.165) is 36.8 Å². The van der Waals surface area contributed by atoms with Crippen molar-refractivity contribution < 1.29 is 4.74 Å². The van der Waals surface area contributed by atoms with Crippen LogP contribution < -0.4 is 10.1 Å². The van der Waals surface area contributed by atoms with Gasteiger partial charge in [-0.2, -0.15) is 0 Å². The molecular formula is C18H22Cl2N2O. The molecule has 0 heterocycles. The van der Waals surface area contributed by atoms with Crippen LogP contribution in [0.25, 0.3) is 0 Å². The Balaban J connectivity index is 1.89. The second-order valence-electron chi connectivity index (χ2n) is 5.15. The average Bonchev–Trinajstić information content (AvgIpc) is 2.56. The van der Waals surface area contributed by atoms with Gasteiger partial charge in [0, 0.05) is 17.3 Å². The number of benzene rings is 2. The zero-order valence-electron chi connectivity index (χ0n) is 13.5. The molecule has 0 saturated carbocycles. The van der Waals surface area contributed by atoms with Gasteiger partial charge < -0.3 is 15.0 Å². The van der Waals surface area contributed by atoms with Crippen molar-refractivity contribution in [1.82, 2.24) is 4.90 Å². The van der Waals surface area contributed by atoms with Crippen molar-refractivity contribution in [2.45, 2.75) is 13.8 Å². The highest BCUT2D eigenvalue weighted by atomic mass is 35.5. The number of hydrogen-bond acceptors (Lipinski definition) is 3. The molecule has 0 aliphatic rings. The molecule has 0 aromatic heterocycles. The van der Waals surface area contributed by atoms with E-state index < -0.39 is 0 Å². The fraction of sp³-hybridized carbons (Fsp3) is 0.333. The van der Waals surface area contributed by atoms with Crippen molar-refractivity contribution in [2.75, 3.05) is 31.6 Å². The SMILES string of the molecule is CCN(CC)CCOc1ccc(Nc2ccc(Cl)cc2Cl)cc1. The summed E-state index contributed by atoms with van der Waals surface area (Å²) in [4.78, 5) is 2.33. The van der Waals surface area contributed by atoms with E-state index in [-0.39, 0.29) is 0 Å². The molecule has 0 aliphatic heterocycles. The van der Waals surface area contributed by atoms with Gasteiger partial charge in [0.1, 0.15) is 12.4 Å². The molecule has 124 valence electrons. The van der Waals surface area contributed by atoms with E-state index >= 15 is 0 Å². The lowest BCUT2D eigenvalue weighted by atomic mass is 10.2. The fourth-order valence-electron chi connectivity index (χ4n) is 2.21. The van der Waals surface area contributed by atoms with Crippen molar-refractivity contribution in [3.8, 4) is 5.75 Å². The molecular weight excluding hydrogens is 331 g/mol. The molecule has 0 radical (unpaired) electrons. The zero-order valence-corrected chi connectivity index (χ0v) is 15.0. The maximum Gasteiger partial charge on any atom is 0.119 e. The molecule has 2 rings (SSSR count). The molecule has 0 fully saturated rings. The number of anilines is 2. The predicted molar refractivity (Wildman–Crippen MR) is 99.5 cm³/mol. The highest BCUT2D eigenvalue weighted by Gasteiger charge is 2.03. The normalized spacial score (nSPS) is 10.8. The minimum absolute atomic E-state index is 0.594. The summed E-state index contributed by atoms with van der Waals surface area (Å²) < 4.78 is 5.77. The Morgan fingerprint density at radius 2 is 1.70 bits per heavy atom. The maximum atomic E-state index is 6.16. The summed E-state index contributed by atoms with van der Waals surface area (Å²) >= 11 is 12.1. The van der Waals surface area contributed by atoms with Crippen LogP contribution >= 0.6 is 23.2 Å². The quantitative estimate of drug-likeness (QED) is 0.682. The lowest BCUT2D eigenvalue weighted by molar-refractivity contribution is 0.223. The Hall–Kier alpha value is -1.42. The van der Waals surface area contributed by atoms with Gasteiger partial charge >= 0.3 is 0 Å². The molecule has 1 N–H and O–H groups in total. The van der Waals surface area contributed by atoms with Crippen LogP contribution in [0.5, 0.6) is 5.75 Å². The van der Waals surface area contributed by atoms with Gasteiger partial charge in [0.25, 0.3) is 0 Å². The summed E-state index contributed by atoms with van der Waals surface area (Å²) in [6.07, 6.45) is 0. The smallest absolute Gasteiger partial charge is 0.119 e. The van der Waals surface area contributed by atoms with Gasteiger partial charge in [0.05, 0.1) is 10.7 Å². The fourth-order valence-corrected chi connectivity index (χ4v) is 2.67. The van der Waals surface area contributed by atoms with E-state index in [2.05, 4.69) is 24.1 Å². The standard InChI is InChI=1S/C18H22Cl2N2O/c1-3-22(4-2)11-12-23-16-8-6-15(7-9-16)21-18-10-5-14(19)13-17(18)20/h5-10,13,21H,3-4,11-12H2,1-2H3. The molecule has 3 nitrogen and oxygen atoms in total. The van der Waals surface area contributed by atoms with E-state index in [9.17, 15) is 0 Å². The Morgan fingerprint density at radius 1 is 1.00 bits per heavy atom. The molecule has 23 heavy (non-hydrogen) atoms. The first-order valence-corrected chi connectivity index (χ1v) is 8.55. The first-order chi connectivity index (χ1) is 11.1. The van der Waals surface area contributed by atoms with E-state index in [1.807, 2.05) is 30.3 Å². The molecule has 2 aromatic rings. The van der Waals surface area contributed by atoms with E-state index in [1.54, 1.807) is 12.1 Å². The third-order valence-corrected chi connectivity index (χ3v) is 4.18. The Labute approximate surface area is 148 Å². The minimum atomic E-state index is 0.594. The van der Waals surface area contributed by atoms with Crippen LogP contribution in [0.15, 0.2) is 42.5 Å². The summed E-state index contributed by atoms with van der Waals surface area (Å²) in [6, 6.07) is 13.2. The third kappa shape index (κ3) is 5.61. The number of nitrogens with one attached hydrogen (secondary N) is 1. The summed E-state index contributed by atoms with van der Waals surface area (Å²) in [5, 5.41) is 4.48. The zero-order chi connectivity index (χ0) is 16.7. The lowest BCUT2D eigenvalue weighted by Gasteiger charge is -2.18. The Kier molecular flexibility index (Phi) is 7.03. The van der Waals surface area contributed by atoms with Crippen molar-refractivity contribution in [3.05, 3.63) is 52.5 Å². The second kappa shape index (κ2) is 9.02. The van der Waals surface area contributed by atoms with Crippen molar-refractivity contribution in [3.63, 3.8) is 0 Å². The topological polar surface area (TPSA) is 24.5 Å².